The molecule has 5 rings (SSSR count). The maximum atomic E-state index is 14.5. The second-order valence-electron chi connectivity index (χ2n) is 7.11. The summed E-state index contributed by atoms with van der Waals surface area (Å²) in [7, 11) is 0. The number of fused-ring (bicyclic) bond motifs is 4. The van der Waals surface area contributed by atoms with Crippen LogP contribution in [-0.4, -0.2) is 15.9 Å². The molecular weight excluding hydrogens is 586 g/mol. The maximum absolute atomic E-state index is 14.5. The van der Waals surface area contributed by atoms with Gasteiger partial charge in [-0.25, -0.2) is 4.39 Å². The van der Waals surface area contributed by atoms with Crippen molar-refractivity contribution in [3.05, 3.63) is 90.6 Å². The van der Waals surface area contributed by atoms with Gasteiger partial charge in [-0.15, -0.1) is 17.5 Å². The number of halogens is 1. The van der Waals surface area contributed by atoms with Crippen LogP contribution in [0.3, 0.4) is 0 Å². The quantitative estimate of drug-likeness (QED) is 0.137. The van der Waals surface area contributed by atoms with E-state index in [0.29, 0.717) is 16.6 Å². The van der Waals surface area contributed by atoms with E-state index in [4.69, 9.17) is 14.5 Å². The third-order valence-corrected chi connectivity index (χ3v) is 4.69. The average molecular weight is 605 g/mol. The van der Waals surface area contributed by atoms with Gasteiger partial charge in [0.05, 0.1) is 23.4 Å². The third-order valence-electron chi connectivity index (χ3n) is 4.69. The van der Waals surface area contributed by atoms with Crippen molar-refractivity contribution in [3.63, 3.8) is 0 Å². The van der Waals surface area contributed by atoms with Crippen LogP contribution in [0.1, 0.15) is 13.8 Å². The van der Waals surface area contributed by atoms with Crippen molar-refractivity contribution in [1.29, 1.82) is 0 Å². The number of furan rings is 1. The number of hydrogen-bond acceptors (Lipinski definition) is 4. The fourth-order valence-electron chi connectivity index (χ4n) is 3.46. The van der Waals surface area contributed by atoms with Crippen molar-refractivity contribution in [3.8, 4) is 11.3 Å². The fourth-order valence-corrected chi connectivity index (χ4v) is 3.46. The minimum Gasteiger partial charge on any atom is -0.512 e. The molecule has 0 fully saturated rings. The van der Waals surface area contributed by atoms with E-state index in [9.17, 15) is 9.18 Å². The molecular formula is C26H19FIrNO3-. The van der Waals surface area contributed by atoms with E-state index in [1.54, 1.807) is 12.3 Å². The van der Waals surface area contributed by atoms with E-state index in [2.05, 4.69) is 6.07 Å². The summed E-state index contributed by atoms with van der Waals surface area (Å²) in [6, 6.07) is 21.7. The number of carbonyl (C=O) groups is 1. The Morgan fingerprint density at radius 3 is 2.41 bits per heavy atom. The van der Waals surface area contributed by atoms with Gasteiger partial charge >= 0.3 is 0 Å². The van der Waals surface area contributed by atoms with Crippen LogP contribution in [0.5, 0.6) is 0 Å². The van der Waals surface area contributed by atoms with E-state index in [-0.39, 0.29) is 37.5 Å². The van der Waals surface area contributed by atoms with Crippen LogP contribution >= 0.6 is 0 Å². The van der Waals surface area contributed by atoms with Crippen LogP contribution in [0, 0.1) is 11.9 Å². The Kier molecular flexibility index (Phi) is 7.18. The molecule has 2 aromatic heterocycles. The van der Waals surface area contributed by atoms with Crippen molar-refractivity contribution in [2.75, 3.05) is 0 Å². The predicted molar refractivity (Wildman–Crippen MR) is 120 cm³/mol. The van der Waals surface area contributed by atoms with Crippen molar-refractivity contribution in [2.45, 2.75) is 13.8 Å². The van der Waals surface area contributed by atoms with Gasteiger partial charge in [-0.05, 0) is 32.0 Å². The van der Waals surface area contributed by atoms with Crippen molar-refractivity contribution in [1.82, 2.24) is 4.98 Å². The Morgan fingerprint density at radius 1 is 1.03 bits per heavy atom. The number of carbonyl (C=O) groups excluding carboxylic acids is 1. The molecule has 1 N–H and O–H groups in total. The van der Waals surface area contributed by atoms with Crippen molar-refractivity contribution < 1.29 is 38.8 Å². The van der Waals surface area contributed by atoms with Crippen LogP contribution in [-0.2, 0) is 24.9 Å². The number of allylic oxidation sites excluding steroid dienone is 2. The summed E-state index contributed by atoms with van der Waals surface area (Å²) < 4.78 is 20.2. The first-order valence-electron chi connectivity index (χ1n) is 9.69. The SMILES string of the molecule is CC(=O)/C=C(/C)O.Fc1cc(-c2nc3ccccc3c3occc23)[c-]c2ccccc12.[Ir]. The van der Waals surface area contributed by atoms with Crippen LogP contribution in [0.25, 0.3) is 43.9 Å². The zero-order valence-corrected chi connectivity index (χ0v) is 19.7. The molecule has 0 aliphatic rings. The summed E-state index contributed by atoms with van der Waals surface area (Å²) in [5.74, 6) is -0.335. The maximum Gasteiger partial charge on any atom is 0.155 e. The zero-order chi connectivity index (χ0) is 22.0. The molecule has 0 spiro atoms. The van der Waals surface area contributed by atoms with E-state index < -0.39 is 0 Å². The van der Waals surface area contributed by atoms with Crippen LogP contribution < -0.4 is 0 Å². The fraction of sp³-hybridized carbons (Fsp3) is 0.0769. The van der Waals surface area contributed by atoms with Gasteiger partial charge in [0.25, 0.3) is 0 Å². The zero-order valence-electron chi connectivity index (χ0n) is 17.4. The number of pyridine rings is 1. The second-order valence-corrected chi connectivity index (χ2v) is 7.11. The molecule has 163 valence electrons. The normalized spacial score (nSPS) is 11.2. The largest absolute Gasteiger partial charge is 0.512 e. The van der Waals surface area contributed by atoms with Crippen LogP contribution in [0.4, 0.5) is 4.39 Å². The smallest absolute Gasteiger partial charge is 0.155 e. The van der Waals surface area contributed by atoms with Crippen LogP contribution in [0.2, 0.25) is 0 Å². The van der Waals surface area contributed by atoms with Gasteiger partial charge in [-0.2, -0.15) is 0 Å². The molecule has 0 saturated heterocycles. The van der Waals surface area contributed by atoms with E-state index >= 15 is 0 Å². The number of nitrogens with zero attached hydrogens (tertiary/aromatic N) is 1. The molecule has 2 heterocycles. The summed E-state index contributed by atoms with van der Waals surface area (Å²) in [5, 5.41) is 11.5. The molecule has 0 aliphatic heterocycles. The number of rotatable bonds is 2. The number of hydrogen-bond donors (Lipinski definition) is 1. The molecule has 4 nitrogen and oxygen atoms in total. The molecule has 1 radical (unpaired) electrons. The Balaban J connectivity index is 0.000000318. The second kappa shape index (κ2) is 9.86. The van der Waals surface area contributed by atoms with Gasteiger partial charge < -0.3 is 9.52 Å². The Labute approximate surface area is 197 Å². The van der Waals surface area contributed by atoms with E-state index in [0.717, 1.165) is 27.3 Å². The Morgan fingerprint density at radius 2 is 1.72 bits per heavy atom. The number of ketones is 1. The molecule has 6 heteroatoms. The van der Waals surface area contributed by atoms with Crippen molar-refractivity contribution in [2.24, 2.45) is 0 Å². The predicted octanol–water partition coefficient (Wildman–Crippen LogP) is 6.78. The number of benzene rings is 3. The molecule has 0 saturated carbocycles. The molecule has 5 aromatic rings. The minimum atomic E-state index is -0.272. The Bertz CT molecular complexity index is 1450. The van der Waals surface area contributed by atoms with Gasteiger partial charge in [0.15, 0.2) is 5.78 Å². The van der Waals surface area contributed by atoms with Gasteiger partial charge in [0.2, 0.25) is 0 Å². The van der Waals surface area contributed by atoms with Gasteiger partial charge in [-0.1, -0.05) is 47.3 Å². The molecule has 0 bridgehead atoms. The van der Waals surface area contributed by atoms with Crippen LogP contribution in [0.15, 0.2) is 83.2 Å². The number of aliphatic hydroxyl groups excluding tert-OH is 1. The monoisotopic (exact) mass is 605 g/mol. The van der Waals surface area contributed by atoms with E-state index in [1.807, 2.05) is 48.5 Å². The topological polar surface area (TPSA) is 63.3 Å². The standard InChI is InChI=1S/C21H11FNO.C5H8O2.Ir/c22-18-12-14(11-13-5-1-2-6-15(13)18)20-17-9-10-24-21(17)16-7-3-4-8-19(16)23-20;1-4(6)3-5(2)7;/h1-10,12H;3,6H,1-2H3;/q-1;;/b;4-3-;. The first-order valence-corrected chi connectivity index (χ1v) is 9.69. The molecule has 32 heavy (non-hydrogen) atoms. The molecule has 0 amide bonds. The first-order chi connectivity index (χ1) is 14.9. The van der Waals surface area contributed by atoms with Gasteiger partial charge in [-0.3, -0.25) is 9.78 Å². The molecule has 3 aromatic carbocycles. The summed E-state index contributed by atoms with van der Waals surface area (Å²) in [4.78, 5) is 14.8. The Hall–Kier alpha value is -3.34. The number of aliphatic hydroxyl groups is 1. The van der Waals surface area contributed by atoms with Gasteiger partial charge in [0.1, 0.15) is 5.58 Å². The van der Waals surface area contributed by atoms with Gasteiger partial charge in [0, 0.05) is 42.6 Å². The summed E-state index contributed by atoms with van der Waals surface area (Å²) >= 11 is 0. The third kappa shape index (κ3) is 4.77. The molecule has 0 atom stereocenters. The van der Waals surface area contributed by atoms with Crippen molar-refractivity contribution >= 4 is 38.4 Å². The number of para-hydroxylation sites is 1. The minimum absolute atomic E-state index is 0. The van der Waals surface area contributed by atoms with E-state index in [1.165, 1.54) is 26.0 Å². The average Bonchev–Trinajstić information content (AvgIpc) is 3.23. The summed E-state index contributed by atoms with van der Waals surface area (Å²) in [6.07, 6.45) is 2.81. The number of aromatic nitrogens is 1. The summed E-state index contributed by atoms with van der Waals surface area (Å²) in [5.41, 5.74) is 2.89. The molecule has 0 aliphatic carbocycles. The first kappa shape index (κ1) is 23.3. The molecule has 0 unspecified atom stereocenters. The summed E-state index contributed by atoms with van der Waals surface area (Å²) in [6.45, 7) is 2.85.